The van der Waals surface area contributed by atoms with E-state index in [1.165, 1.54) is 10.8 Å². The lowest BCUT2D eigenvalue weighted by Crippen LogP contribution is -2.13. The van der Waals surface area contributed by atoms with Gasteiger partial charge in [0.1, 0.15) is 11.5 Å². The molecule has 0 N–H and O–H groups in total. The first-order valence-corrected chi connectivity index (χ1v) is 8.07. The van der Waals surface area contributed by atoms with Crippen molar-refractivity contribution in [2.45, 2.75) is 0 Å². The Bertz CT molecular complexity index is 1030. The lowest BCUT2D eigenvalue weighted by atomic mass is 10.0. The Balaban J connectivity index is 1.69. The van der Waals surface area contributed by atoms with Crippen molar-refractivity contribution in [1.82, 2.24) is 0 Å². The average Bonchev–Trinajstić information content (AvgIpc) is 2.62. The minimum absolute atomic E-state index is 0.0851. The van der Waals surface area contributed by atoms with Gasteiger partial charge < -0.3 is 9.47 Å². The molecular formula is C21H14O2S. The standard InChI is InChI=1S/C21H14O2S/c24-21(22-16-8-2-1-3-9-16)23-20-12-6-11-18-17-10-5-4-7-15(17)13-14-19(18)20/h1-14H. The first-order valence-electron chi connectivity index (χ1n) is 7.66. The van der Waals surface area contributed by atoms with Crippen LogP contribution in [0, 0.1) is 0 Å². The highest BCUT2D eigenvalue weighted by Gasteiger charge is 2.09. The van der Waals surface area contributed by atoms with Crippen molar-refractivity contribution in [3.63, 3.8) is 0 Å². The van der Waals surface area contributed by atoms with E-state index in [0.29, 0.717) is 11.5 Å². The van der Waals surface area contributed by atoms with Crippen molar-refractivity contribution < 1.29 is 9.47 Å². The normalized spacial score (nSPS) is 10.7. The summed E-state index contributed by atoms with van der Waals surface area (Å²) in [7, 11) is 0. The fourth-order valence-electron chi connectivity index (χ4n) is 2.80. The van der Waals surface area contributed by atoms with Gasteiger partial charge in [0.05, 0.1) is 0 Å². The molecule has 4 rings (SSSR count). The minimum Gasteiger partial charge on any atom is -0.417 e. The third-order valence-electron chi connectivity index (χ3n) is 3.88. The molecule has 0 spiro atoms. The van der Waals surface area contributed by atoms with E-state index in [0.717, 1.165) is 10.8 Å². The predicted octanol–water partition coefficient (Wildman–Crippen LogP) is 5.74. The van der Waals surface area contributed by atoms with Crippen LogP contribution in [-0.2, 0) is 0 Å². The van der Waals surface area contributed by atoms with E-state index >= 15 is 0 Å². The topological polar surface area (TPSA) is 18.5 Å². The Morgan fingerprint density at radius 3 is 2.21 bits per heavy atom. The van der Waals surface area contributed by atoms with Gasteiger partial charge in [0.25, 0.3) is 0 Å². The quantitative estimate of drug-likeness (QED) is 0.345. The number of benzene rings is 4. The molecule has 0 heterocycles. The Hall–Kier alpha value is -2.91. The molecule has 0 aromatic heterocycles. The lowest BCUT2D eigenvalue weighted by Gasteiger charge is -2.11. The summed E-state index contributed by atoms with van der Waals surface area (Å²) in [5.41, 5.74) is 0. The van der Waals surface area contributed by atoms with Gasteiger partial charge in [0.15, 0.2) is 0 Å². The van der Waals surface area contributed by atoms with Crippen LogP contribution >= 0.6 is 12.2 Å². The van der Waals surface area contributed by atoms with Crippen LogP contribution in [0.25, 0.3) is 21.5 Å². The molecule has 0 atom stereocenters. The van der Waals surface area contributed by atoms with Crippen molar-refractivity contribution in [2.75, 3.05) is 0 Å². The number of ether oxygens (including phenoxy) is 2. The number of fused-ring (bicyclic) bond motifs is 3. The van der Waals surface area contributed by atoms with Crippen LogP contribution in [0.3, 0.4) is 0 Å². The minimum atomic E-state index is 0.0851. The van der Waals surface area contributed by atoms with Gasteiger partial charge >= 0.3 is 5.24 Å². The van der Waals surface area contributed by atoms with Gasteiger partial charge in [-0.3, -0.25) is 0 Å². The predicted molar refractivity (Wildman–Crippen MR) is 102 cm³/mol. The van der Waals surface area contributed by atoms with E-state index in [1.54, 1.807) is 0 Å². The first kappa shape index (κ1) is 14.7. The van der Waals surface area contributed by atoms with Gasteiger partial charge in [-0.15, -0.1) is 0 Å². The number of rotatable bonds is 2. The van der Waals surface area contributed by atoms with E-state index in [2.05, 4.69) is 30.3 Å². The molecule has 0 saturated carbocycles. The van der Waals surface area contributed by atoms with Gasteiger partial charge in [-0.05, 0) is 40.4 Å². The van der Waals surface area contributed by atoms with Gasteiger partial charge in [-0.1, -0.05) is 60.7 Å². The van der Waals surface area contributed by atoms with Crippen LogP contribution in [-0.4, -0.2) is 5.24 Å². The monoisotopic (exact) mass is 330 g/mol. The number of para-hydroxylation sites is 1. The van der Waals surface area contributed by atoms with Crippen LogP contribution < -0.4 is 9.47 Å². The largest absolute Gasteiger partial charge is 0.417 e. The molecular weight excluding hydrogens is 316 g/mol. The van der Waals surface area contributed by atoms with Gasteiger partial charge in [0, 0.05) is 17.6 Å². The molecule has 0 unspecified atom stereocenters. The second kappa shape index (κ2) is 6.30. The Labute approximate surface area is 145 Å². The summed E-state index contributed by atoms with van der Waals surface area (Å²) in [6, 6.07) is 27.8. The highest BCUT2D eigenvalue weighted by molar-refractivity contribution is 7.79. The molecule has 0 bridgehead atoms. The second-order valence-corrected chi connectivity index (χ2v) is 5.74. The van der Waals surface area contributed by atoms with Gasteiger partial charge in [-0.2, -0.15) is 0 Å². The molecule has 24 heavy (non-hydrogen) atoms. The zero-order valence-electron chi connectivity index (χ0n) is 12.8. The van der Waals surface area contributed by atoms with Crippen LogP contribution in [0.5, 0.6) is 11.5 Å². The maximum absolute atomic E-state index is 5.79. The zero-order chi connectivity index (χ0) is 16.4. The smallest absolute Gasteiger partial charge is 0.363 e. The van der Waals surface area contributed by atoms with Gasteiger partial charge in [-0.25, -0.2) is 0 Å². The maximum atomic E-state index is 5.79. The summed E-state index contributed by atoms with van der Waals surface area (Å²) in [6.45, 7) is 0. The molecule has 4 aromatic carbocycles. The zero-order valence-corrected chi connectivity index (χ0v) is 13.6. The van der Waals surface area contributed by atoms with E-state index in [1.807, 2.05) is 54.6 Å². The van der Waals surface area contributed by atoms with E-state index in [-0.39, 0.29) is 5.24 Å². The van der Waals surface area contributed by atoms with E-state index < -0.39 is 0 Å². The molecule has 0 aliphatic heterocycles. The maximum Gasteiger partial charge on any atom is 0.363 e. The fraction of sp³-hybridized carbons (Fsp3) is 0. The van der Waals surface area contributed by atoms with Crippen molar-refractivity contribution in [2.24, 2.45) is 0 Å². The number of hydrogen-bond donors (Lipinski definition) is 0. The van der Waals surface area contributed by atoms with E-state index in [4.69, 9.17) is 21.7 Å². The van der Waals surface area contributed by atoms with Crippen LogP contribution in [0.15, 0.2) is 84.9 Å². The SMILES string of the molecule is S=C(Oc1ccccc1)Oc1cccc2c1ccc1ccccc12. The van der Waals surface area contributed by atoms with Crippen molar-refractivity contribution >= 4 is 39.0 Å². The molecule has 2 nitrogen and oxygen atoms in total. The Morgan fingerprint density at radius 2 is 1.33 bits per heavy atom. The molecule has 4 aromatic rings. The highest BCUT2D eigenvalue weighted by atomic mass is 32.1. The molecule has 0 aliphatic carbocycles. The summed E-state index contributed by atoms with van der Waals surface area (Å²) < 4.78 is 11.4. The first-order chi connectivity index (χ1) is 11.8. The molecule has 0 aliphatic rings. The molecule has 0 fully saturated rings. The lowest BCUT2D eigenvalue weighted by molar-refractivity contribution is 0.406. The Morgan fingerprint density at radius 1 is 0.583 bits per heavy atom. The molecule has 0 amide bonds. The average molecular weight is 330 g/mol. The number of thiocarbonyl (C=S) groups is 1. The van der Waals surface area contributed by atoms with Crippen molar-refractivity contribution in [1.29, 1.82) is 0 Å². The number of hydrogen-bond acceptors (Lipinski definition) is 3. The summed E-state index contributed by atoms with van der Waals surface area (Å²) in [4.78, 5) is 0. The third-order valence-corrected chi connectivity index (χ3v) is 4.05. The summed E-state index contributed by atoms with van der Waals surface area (Å²) in [6.07, 6.45) is 0. The Kier molecular flexibility index (Phi) is 3.85. The molecule has 0 saturated heterocycles. The van der Waals surface area contributed by atoms with Crippen molar-refractivity contribution in [3.8, 4) is 11.5 Å². The fourth-order valence-corrected chi connectivity index (χ4v) is 2.98. The molecule has 116 valence electrons. The van der Waals surface area contributed by atoms with Crippen LogP contribution in [0.2, 0.25) is 0 Å². The van der Waals surface area contributed by atoms with Gasteiger partial charge in [0.2, 0.25) is 0 Å². The second-order valence-electron chi connectivity index (χ2n) is 5.41. The van der Waals surface area contributed by atoms with Crippen LogP contribution in [0.1, 0.15) is 0 Å². The van der Waals surface area contributed by atoms with Crippen molar-refractivity contribution in [3.05, 3.63) is 84.9 Å². The highest BCUT2D eigenvalue weighted by Crippen LogP contribution is 2.31. The summed E-state index contributed by atoms with van der Waals surface area (Å²) >= 11 is 5.23. The molecule has 3 heteroatoms. The summed E-state index contributed by atoms with van der Waals surface area (Å²) in [5, 5.41) is 4.62. The summed E-state index contributed by atoms with van der Waals surface area (Å²) in [5.74, 6) is 1.35. The van der Waals surface area contributed by atoms with E-state index in [9.17, 15) is 0 Å². The van der Waals surface area contributed by atoms with Crippen LogP contribution in [0.4, 0.5) is 0 Å². The molecule has 0 radical (unpaired) electrons. The third kappa shape index (κ3) is 2.82.